The largest absolute Gasteiger partial charge is 0.496 e. The van der Waals surface area contributed by atoms with Gasteiger partial charge in [-0.15, -0.1) is 0 Å². The van der Waals surface area contributed by atoms with Crippen molar-refractivity contribution in [1.82, 2.24) is 9.88 Å². The third-order valence-corrected chi connectivity index (χ3v) is 5.53. The number of pyridine rings is 1. The lowest BCUT2D eigenvalue weighted by molar-refractivity contribution is -0.129. The van der Waals surface area contributed by atoms with Gasteiger partial charge >= 0.3 is 0 Å². The molecule has 0 saturated carbocycles. The number of amides is 1. The molecule has 1 aliphatic heterocycles. The summed E-state index contributed by atoms with van der Waals surface area (Å²) in [5.74, 6) is 0.404. The third kappa shape index (κ3) is 3.75. The van der Waals surface area contributed by atoms with Gasteiger partial charge in [0.1, 0.15) is 11.6 Å². The fourth-order valence-electron chi connectivity index (χ4n) is 3.88. The molecule has 29 heavy (non-hydrogen) atoms. The Kier molecular flexibility index (Phi) is 5.09. The standard InChI is InChI=1S/C23H24FN3O2/c1-15-12-22(20-13-17(24)4-7-23(20)29-3)25-21-6-5-18(14-19(15)21)27-10-8-26(9-11-27)16(2)28/h4-7,12-14H,8-11H2,1-3H3. The van der Waals surface area contributed by atoms with Gasteiger partial charge in [0.15, 0.2) is 0 Å². The first kappa shape index (κ1) is 19.2. The number of fused-ring (bicyclic) bond motifs is 1. The van der Waals surface area contributed by atoms with Crippen LogP contribution < -0.4 is 9.64 Å². The van der Waals surface area contributed by atoms with E-state index in [2.05, 4.69) is 17.0 Å². The Labute approximate surface area is 169 Å². The highest BCUT2D eigenvalue weighted by molar-refractivity contribution is 5.88. The molecule has 0 unspecified atom stereocenters. The fraction of sp³-hybridized carbons (Fsp3) is 0.304. The van der Waals surface area contributed by atoms with Gasteiger partial charge in [-0.2, -0.15) is 0 Å². The summed E-state index contributed by atoms with van der Waals surface area (Å²) in [7, 11) is 1.57. The number of carbonyl (C=O) groups is 1. The van der Waals surface area contributed by atoms with Crippen LogP contribution in [0.1, 0.15) is 12.5 Å². The number of benzene rings is 2. The zero-order valence-electron chi connectivity index (χ0n) is 16.9. The summed E-state index contributed by atoms with van der Waals surface area (Å²) in [6.45, 7) is 6.76. The third-order valence-electron chi connectivity index (χ3n) is 5.53. The van der Waals surface area contributed by atoms with Crippen LogP contribution in [0.2, 0.25) is 0 Å². The Bertz CT molecular complexity index is 1080. The molecule has 5 nitrogen and oxygen atoms in total. The summed E-state index contributed by atoms with van der Waals surface area (Å²) in [5, 5.41) is 1.07. The van der Waals surface area contributed by atoms with E-state index in [1.165, 1.54) is 12.1 Å². The summed E-state index contributed by atoms with van der Waals surface area (Å²) in [4.78, 5) is 20.5. The highest BCUT2D eigenvalue weighted by atomic mass is 19.1. The highest BCUT2D eigenvalue weighted by Gasteiger charge is 2.19. The first-order valence-electron chi connectivity index (χ1n) is 9.72. The number of hydrogen-bond donors (Lipinski definition) is 0. The van der Waals surface area contributed by atoms with Crippen LogP contribution in [0.4, 0.5) is 10.1 Å². The molecule has 4 rings (SSSR count). The molecule has 0 spiro atoms. The summed E-state index contributed by atoms with van der Waals surface area (Å²) < 4.78 is 19.2. The first-order chi connectivity index (χ1) is 14.0. The van der Waals surface area contributed by atoms with Crippen molar-refractivity contribution in [2.24, 2.45) is 0 Å². The van der Waals surface area contributed by atoms with Gasteiger partial charge in [0, 0.05) is 49.7 Å². The number of hydrogen-bond acceptors (Lipinski definition) is 4. The number of aromatic nitrogens is 1. The maximum atomic E-state index is 13.8. The minimum Gasteiger partial charge on any atom is -0.496 e. The summed E-state index contributed by atoms with van der Waals surface area (Å²) in [6.07, 6.45) is 0. The number of aryl methyl sites for hydroxylation is 1. The van der Waals surface area contributed by atoms with Crippen molar-refractivity contribution in [3.63, 3.8) is 0 Å². The molecule has 6 heteroatoms. The Hall–Kier alpha value is -3.15. The minimum absolute atomic E-state index is 0.128. The van der Waals surface area contributed by atoms with Gasteiger partial charge in [-0.3, -0.25) is 4.79 Å². The Balaban J connectivity index is 1.68. The van der Waals surface area contributed by atoms with Gasteiger partial charge in [0.05, 0.1) is 18.3 Å². The number of piperazine rings is 1. The van der Waals surface area contributed by atoms with E-state index in [1.807, 2.05) is 24.0 Å². The second kappa shape index (κ2) is 7.70. The van der Waals surface area contributed by atoms with Gasteiger partial charge in [-0.25, -0.2) is 9.37 Å². The number of anilines is 1. The van der Waals surface area contributed by atoms with Crippen molar-refractivity contribution in [3.8, 4) is 17.0 Å². The average molecular weight is 393 g/mol. The number of halogens is 1. The maximum absolute atomic E-state index is 13.8. The molecule has 150 valence electrons. The summed E-state index contributed by atoms with van der Waals surface area (Å²) in [5.41, 5.74) is 4.38. The van der Waals surface area contributed by atoms with Gasteiger partial charge in [-0.1, -0.05) is 0 Å². The average Bonchev–Trinajstić information content (AvgIpc) is 2.73. The van der Waals surface area contributed by atoms with E-state index in [-0.39, 0.29) is 11.7 Å². The van der Waals surface area contributed by atoms with Crippen molar-refractivity contribution in [2.75, 3.05) is 38.2 Å². The highest BCUT2D eigenvalue weighted by Crippen LogP contribution is 2.33. The van der Waals surface area contributed by atoms with E-state index in [1.54, 1.807) is 20.1 Å². The molecule has 2 aromatic carbocycles. The van der Waals surface area contributed by atoms with E-state index in [4.69, 9.17) is 9.72 Å². The number of ether oxygens (including phenoxy) is 1. The molecule has 1 saturated heterocycles. The number of rotatable bonds is 3. The Morgan fingerprint density at radius 3 is 2.52 bits per heavy atom. The predicted molar refractivity (Wildman–Crippen MR) is 113 cm³/mol. The second-order valence-electron chi connectivity index (χ2n) is 7.36. The van der Waals surface area contributed by atoms with Crippen molar-refractivity contribution in [1.29, 1.82) is 0 Å². The molecule has 0 bridgehead atoms. The molecule has 0 N–H and O–H groups in total. The van der Waals surface area contributed by atoms with Crippen LogP contribution in [-0.4, -0.2) is 49.1 Å². The van der Waals surface area contributed by atoms with Gasteiger partial charge in [0.2, 0.25) is 5.91 Å². The van der Waals surface area contributed by atoms with Crippen molar-refractivity contribution in [3.05, 3.63) is 53.8 Å². The normalized spacial score (nSPS) is 14.3. The SMILES string of the molecule is COc1ccc(F)cc1-c1cc(C)c2cc(N3CCN(C(C)=O)CC3)ccc2n1. The van der Waals surface area contributed by atoms with Gasteiger partial charge < -0.3 is 14.5 Å². The number of carbonyl (C=O) groups excluding carboxylic acids is 1. The van der Waals surface area contributed by atoms with Crippen molar-refractivity contribution >= 4 is 22.5 Å². The molecule has 0 aliphatic carbocycles. The first-order valence-corrected chi connectivity index (χ1v) is 9.72. The minimum atomic E-state index is -0.319. The molecule has 1 aromatic heterocycles. The van der Waals surface area contributed by atoms with Gasteiger partial charge in [0.25, 0.3) is 0 Å². The van der Waals surface area contributed by atoms with Crippen molar-refractivity contribution in [2.45, 2.75) is 13.8 Å². The van der Waals surface area contributed by atoms with Crippen LogP contribution in [-0.2, 0) is 4.79 Å². The lowest BCUT2D eigenvalue weighted by Crippen LogP contribution is -2.48. The van der Waals surface area contributed by atoms with Crippen LogP contribution >= 0.6 is 0 Å². The quantitative estimate of drug-likeness (QED) is 0.674. The molecular weight excluding hydrogens is 369 g/mol. The summed E-state index contributed by atoms with van der Waals surface area (Å²) in [6, 6.07) is 12.6. The fourth-order valence-corrected chi connectivity index (χ4v) is 3.88. The number of methoxy groups -OCH3 is 1. The Morgan fingerprint density at radius 2 is 1.83 bits per heavy atom. The lowest BCUT2D eigenvalue weighted by Gasteiger charge is -2.35. The van der Waals surface area contributed by atoms with Gasteiger partial charge in [-0.05, 0) is 55.0 Å². The molecule has 1 amide bonds. The van der Waals surface area contributed by atoms with Crippen LogP contribution in [0.25, 0.3) is 22.2 Å². The lowest BCUT2D eigenvalue weighted by atomic mass is 10.0. The van der Waals surface area contributed by atoms with E-state index in [0.717, 1.165) is 48.3 Å². The van der Waals surface area contributed by atoms with Crippen LogP contribution in [0.15, 0.2) is 42.5 Å². The smallest absolute Gasteiger partial charge is 0.219 e. The molecule has 1 aliphatic rings. The van der Waals surface area contributed by atoms with E-state index in [9.17, 15) is 9.18 Å². The topological polar surface area (TPSA) is 45.7 Å². The van der Waals surface area contributed by atoms with E-state index in [0.29, 0.717) is 17.0 Å². The predicted octanol–water partition coefficient (Wildman–Crippen LogP) is 4.03. The number of nitrogens with zero attached hydrogens (tertiary/aromatic N) is 3. The van der Waals surface area contributed by atoms with E-state index >= 15 is 0 Å². The monoisotopic (exact) mass is 393 g/mol. The van der Waals surface area contributed by atoms with Crippen LogP contribution in [0.3, 0.4) is 0 Å². The molecule has 2 heterocycles. The molecular formula is C23H24FN3O2. The van der Waals surface area contributed by atoms with Crippen LogP contribution in [0, 0.1) is 12.7 Å². The summed E-state index contributed by atoms with van der Waals surface area (Å²) >= 11 is 0. The molecule has 0 radical (unpaired) electrons. The van der Waals surface area contributed by atoms with Crippen LogP contribution in [0.5, 0.6) is 5.75 Å². The van der Waals surface area contributed by atoms with E-state index < -0.39 is 0 Å². The van der Waals surface area contributed by atoms with Crippen molar-refractivity contribution < 1.29 is 13.9 Å². The zero-order valence-corrected chi connectivity index (χ0v) is 16.9. The maximum Gasteiger partial charge on any atom is 0.219 e. The second-order valence-corrected chi connectivity index (χ2v) is 7.36. The Morgan fingerprint density at radius 1 is 1.07 bits per heavy atom. The molecule has 0 atom stereocenters. The molecule has 1 fully saturated rings. The zero-order chi connectivity index (χ0) is 20.5. The molecule has 3 aromatic rings.